The maximum absolute atomic E-state index is 5.51. The van der Waals surface area contributed by atoms with Gasteiger partial charge >= 0.3 is 0 Å². The summed E-state index contributed by atoms with van der Waals surface area (Å²) in [5.74, 6) is 3.26. The van der Waals surface area contributed by atoms with Crippen molar-refractivity contribution in [1.29, 1.82) is 0 Å². The molecule has 0 unspecified atom stereocenters. The lowest BCUT2D eigenvalue weighted by Crippen LogP contribution is -2.32. The van der Waals surface area contributed by atoms with Crippen LogP contribution in [0.5, 0.6) is 23.0 Å². The Kier molecular flexibility index (Phi) is 7.23. The molecule has 9 nitrogen and oxygen atoms in total. The summed E-state index contributed by atoms with van der Waals surface area (Å²) in [6, 6.07) is 18.1. The minimum atomic E-state index is 0.472. The number of rotatable bonds is 9. The van der Waals surface area contributed by atoms with Crippen molar-refractivity contribution in [2.45, 2.75) is 19.4 Å². The van der Waals surface area contributed by atoms with Crippen molar-refractivity contribution in [2.24, 2.45) is 0 Å². The zero-order valence-corrected chi connectivity index (χ0v) is 21.6. The molecule has 1 aromatic heterocycles. The van der Waals surface area contributed by atoms with Crippen LogP contribution >= 0.6 is 0 Å². The number of hydrogen-bond acceptors (Lipinski definition) is 8. The smallest absolute Gasteiger partial charge is 0.209 e. The van der Waals surface area contributed by atoms with Gasteiger partial charge in [0.05, 0.1) is 39.7 Å². The predicted octanol–water partition coefficient (Wildman–Crippen LogP) is 3.96. The van der Waals surface area contributed by atoms with Crippen LogP contribution in [0.4, 0.5) is 0 Å². The second-order valence-corrected chi connectivity index (χ2v) is 8.86. The maximum Gasteiger partial charge on any atom is 0.209 e. The fourth-order valence-electron chi connectivity index (χ4n) is 4.71. The maximum atomic E-state index is 5.51. The SMILES string of the molecule is COc1cc2c(cc1OC)CN(CCc1ccc(-n3nnc(-c4cccc(OC)c4OC)n3)cc1)CC2. The Labute approximate surface area is 216 Å². The zero-order valence-electron chi connectivity index (χ0n) is 21.6. The molecule has 192 valence electrons. The molecule has 0 fully saturated rings. The number of aromatic nitrogens is 4. The first-order chi connectivity index (χ1) is 18.1. The van der Waals surface area contributed by atoms with E-state index in [1.54, 1.807) is 28.4 Å². The van der Waals surface area contributed by atoms with Crippen LogP contribution in [0.1, 0.15) is 16.7 Å². The molecule has 37 heavy (non-hydrogen) atoms. The quantitative estimate of drug-likeness (QED) is 0.341. The highest BCUT2D eigenvalue weighted by Crippen LogP contribution is 2.36. The number of benzene rings is 3. The van der Waals surface area contributed by atoms with Crippen LogP contribution in [-0.2, 0) is 19.4 Å². The molecule has 0 radical (unpaired) electrons. The van der Waals surface area contributed by atoms with Gasteiger partial charge in [0, 0.05) is 19.6 Å². The first kappa shape index (κ1) is 24.6. The standard InChI is InChI=1S/C28H31N5O4/c1-34-24-7-5-6-23(27(24)37-4)28-29-31-33(30-28)22-10-8-19(9-11-22)12-14-32-15-13-20-16-25(35-2)26(36-3)17-21(20)18-32/h5-11,16-17H,12-15,18H2,1-4H3. The number of para-hydroxylation sites is 1. The summed E-state index contributed by atoms with van der Waals surface area (Å²) < 4.78 is 21.8. The molecule has 0 amide bonds. The van der Waals surface area contributed by atoms with Crippen LogP contribution in [0.2, 0.25) is 0 Å². The van der Waals surface area contributed by atoms with Gasteiger partial charge in [-0.1, -0.05) is 18.2 Å². The van der Waals surface area contributed by atoms with Gasteiger partial charge in [-0.05, 0) is 71.1 Å². The Morgan fingerprint density at radius 1 is 0.811 bits per heavy atom. The molecule has 0 saturated carbocycles. The summed E-state index contributed by atoms with van der Waals surface area (Å²) in [5, 5.41) is 13.0. The van der Waals surface area contributed by atoms with Gasteiger partial charge in [0.25, 0.3) is 0 Å². The fraction of sp³-hybridized carbons (Fsp3) is 0.321. The van der Waals surface area contributed by atoms with Gasteiger partial charge in [-0.2, -0.15) is 0 Å². The third-order valence-electron chi connectivity index (χ3n) is 6.74. The van der Waals surface area contributed by atoms with Crippen LogP contribution in [0.3, 0.4) is 0 Å². The van der Waals surface area contributed by atoms with E-state index < -0.39 is 0 Å². The summed E-state index contributed by atoms with van der Waals surface area (Å²) >= 11 is 0. The first-order valence-electron chi connectivity index (χ1n) is 12.2. The molecular weight excluding hydrogens is 470 g/mol. The average molecular weight is 502 g/mol. The summed E-state index contributed by atoms with van der Waals surface area (Å²) in [6.07, 6.45) is 1.97. The van der Waals surface area contributed by atoms with E-state index >= 15 is 0 Å². The lowest BCUT2D eigenvalue weighted by molar-refractivity contribution is 0.255. The second kappa shape index (κ2) is 10.9. The third-order valence-corrected chi connectivity index (χ3v) is 6.74. The highest BCUT2D eigenvalue weighted by atomic mass is 16.5. The van der Waals surface area contributed by atoms with Crippen molar-refractivity contribution in [3.05, 3.63) is 71.3 Å². The van der Waals surface area contributed by atoms with Gasteiger partial charge in [0.15, 0.2) is 23.0 Å². The van der Waals surface area contributed by atoms with E-state index in [1.165, 1.54) is 21.5 Å². The van der Waals surface area contributed by atoms with Crippen molar-refractivity contribution in [2.75, 3.05) is 41.5 Å². The highest BCUT2D eigenvalue weighted by molar-refractivity contribution is 5.68. The zero-order chi connectivity index (χ0) is 25.8. The monoisotopic (exact) mass is 501 g/mol. The summed E-state index contributed by atoms with van der Waals surface area (Å²) in [7, 11) is 6.56. The van der Waals surface area contributed by atoms with Crippen molar-refractivity contribution in [3.63, 3.8) is 0 Å². The molecule has 2 heterocycles. The molecular formula is C28H31N5O4. The highest BCUT2D eigenvalue weighted by Gasteiger charge is 2.20. The van der Waals surface area contributed by atoms with Gasteiger partial charge in [0.1, 0.15) is 0 Å². The molecule has 0 saturated heterocycles. The summed E-state index contributed by atoms with van der Waals surface area (Å²) in [4.78, 5) is 4.01. The number of ether oxygens (including phenoxy) is 4. The molecule has 9 heteroatoms. The van der Waals surface area contributed by atoms with Crippen molar-refractivity contribution in [3.8, 4) is 40.1 Å². The Balaban J connectivity index is 1.23. The Morgan fingerprint density at radius 3 is 2.24 bits per heavy atom. The predicted molar refractivity (Wildman–Crippen MR) is 140 cm³/mol. The number of hydrogen-bond donors (Lipinski definition) is 0. The van der Waals surface area contributed by atoms with Gasteiger partial charge < -0.3 is 18.9 Å². The Morgan fingerprint density at radius 2 is 1.54 bits per heavy atom. The normalized spacial score (nSPS) is 13.2. The first-order valence-corrected chi connectivity index (χ1v) is 12.2. The van der Waals surface area contributed by atoms with E-state index in [-0.39, 0.29) is 0 Å². The van der Waals surface area contributed by atoms with Crippen molar-refractivity contribution >= 4 is 0 Å². The third kappa shape index (κ3) is 5.08. The molecule has 0 N–H and O–H groups in total. The van der Waals surface area contributed by atoms with Crippen LogP contribution in [0, 0.1) is 0 Å². The number of fused-ring (bicyclic) bond motifs is 1. The average Bonchev–Trinajstić information content (AvgIpc) is 3.45. The topological polar surface area (TPSA) is 83.8 Å². The van der Waals surface area contributed by atoms with Crippen molar-refractivity contribution in [1.82, 2.24) is 25.1 Å². The number of nitrogens with zero attached hydrogens (tertiary/aromatic N) is 5. The minimum absolute atomic E-state index is 0.472. The van der Waals surface area contributed by atoms with E-state index in [9.17, 15) is 0 Å². The Bertz CT molecular complexity index is 1370. The molecule has 0 atom stereocenters. The summed E-state index contributed by atoms with van der Waals surface area (Å²) in [6.45, 7) is 2.92. The van der Waals surface area contributed by atoms with E-state index in [0.717, 1.165) is 55.2 Å². The molecule has 1 aliphatic heterocycles. The van der Waals surface area contributed by atoms with Crippen LogP contribution in [0.25, 0.3) is 17.1 Å². The van der Waals surface area contributed by atoms with Crippen LogP contribution < -0.4 is 18.9 Å². The molecule has 5 rings (SSSR count). The Hall–Kier alpha value is -4.11. The molecule has 0 aliphatic carbocycles. The molecule has 0 bridgehead atoms. The molecule has 4 aromatic rings. The summed E-state index contributed by atoms with van der Waals surface area (Å²) in [5.41, 5.74) is 5.47. The molecule has 0 spiro atoms. The second-order valence-electron chi connectivity index (χ2n) is 8.86. The minimum Gasteiger partial charge on any atom is -0.493 e. The molecule has 1 aliphatic rings. The number of tetrazole rings is 1. The van der Waals surface area contributed by atoms with Crippen molar-refractivity contribution < 1.29 is 18.9 Å². The van der Waals surface area contributed by atoms with E-state index in [4.69, 9.17) is 18.9 Å². The van der Waals surface area contributed by atoms with E-state index in [1.807, 2.05) is 30.3 Å². The fourth-order valence-corrected chi connectivity index (χ4v) is 4.71. The van der Waals surface area contributed by atoms with Gasteiger partial charge in [-0.25, -0.2) is 0 Å². The lowest BCUT2D eigenvalue weighted by atomic mass is 9.98. The van der Waals surface area contributed by atoms with Gasteiger partial charge in [-0.15, -0.1) is 15.0 Å². The van der Waals surface area contributed by atoms with E-state index in [0.29, 0.717) is 17.3 Å². The van der Waals surface area contributed by atoms with Gasteiger partial charge in [0.2, 0.25) is 5.82 Å². The largest absolute Gasteiger partial charge is 0.493 e. The van der Waals surface area contributed by atoms with E-state index in [2.05, 4.69) is 44.6 Å². The van der Waals surface area contributed by atoms with Crippen LogP contribution in [-0.4, -0.2) is 66.6 Å². The molecule has 3 aromatic carbocycles. The van der Waals surface area contributed by atoms with Crippen LogP contribution in [0.15, 0.2) is 54.6 Å². The number of methoxy groups -OCH3 is 4. The van der Waals surface area contributed by atoms with Gasteiger partial charge in [-0.3, -0.25) is 4.90 Å². The lowest BCUT2D eigenvalue weighted by Gasteiger charge is -2.29.